The topological polar surface area (TPSA) is 43.6 Å². The van der Waals surface area contributed by atoms with E-state index in [9.17, 15) is 0 Å². The van der Waals surface area contributed by atoms with E-state index in [1.165, 1.54) is 49.8 Å². The second kappa shape index (κ2) is 12.1. The van der Waals surface area contributed by atoms with Crippen molar-refractivity contribution >= 4 is 16.5 Å². The number of aromatic nitrogens is 1. The summed E-state index contributed by atoms with van der Waals surface area (Å²) in [6.45, 7) is 4.20. The van der Waals surface area contributed by atoms with Crippen molar-refractivity contribution in [3.63, 3.8) is 0 Å². The number of pyridine rings is 1. The van der Waals surface area contributed by atoms with Crippen LogP contribution in [0.15, 0.2) is 85.1 Å². The summed E-state index contributed by atoms with van der Waals surface area (Å²) >= 11 is 0. The molecule has 3 heterocycles. The zero-order valence-corrected chi connectivity index (χ0v) is 25.7. The van der Waals surface area contributed by atoms with Crippen LogP contribution in [0, 0.1) is 6.92 Å². The summed E-state index contributed by atoms with van der Waals surface area (Å²) in [5, 5.41) is 6.20. The third-order valence-electron chi connectivity index (χ3n) is 8.37. The number of aryl methyl sites for hydroxylation is 4. The lowest BCUT2D eigenvalue weighted by molar-refractivity contribution is -0.686. The average Bonchev–Trinajstić information content (AvgIpc) is 3.47. The monoisotopic (exact) mass is 622 g/mol. The summed E-state index contributed by atoms with van der Waals surface area (Å²) in [5.41, 5.74) is 10.1. The van der Waals surface area contributed by atoms with Crippen LogP contribution in [0.1, 0.15) is 34.2 Å². The first kappa shape index (κ1) is 28.1. The molecule has 0 aliphatic carbocycles. The smallest absolute Gasteiger partial charge is 0.231 e. The second-order valence-electron chi connectivity index (χ2n) is 11.0. The first-order valence-corrected chi connectivity index (χ1v) is 14.5. The molecular weight excluding hydrogens is 588 g/mol. The standard InChI is InChI=1S/C36H34N2O3.BrH/c1-24-10-12-26(13-11-24)19-30-28-14-15-32(39-2)35(37-17-6-9-25-7-4-3-5-8-25)31(28)22-38-18-16-27-20-33-34(41-23-40-33)21-29(27)36(30)38;/h3-5,7-8,10-15,20-22H,6,9,16-19,23H2,1-2H3;1H. The van der Waals surface area contributed by atoms with Gasteiger partial charge < -0.3 is 36.5 Å². The van der Waals surface area contributed by atoms with Crippen molar-refractivity contribution < 1.29 is 35.8 Å². The Morgan fingerprint density at radius 3 is 2.45 bits per heavy atom. The Kier molecular flexibility index (Phi) is 8.07. The third-order valence-corrected chi connectivity index (χ3v) is 8.37. The molecule has 0 bridgehead atoms. The van der Waals surface area contributed by atoms with E-state index in [1.54, 1.807) is 7.11 Å². The molecule has 5 aromatic rings. The molecular formula is C36H35BrN2O3. The van der Waals surface area contributed by atoms with Gasteiger partial charge in [0.1, 0.15) is 5.75 Å². The predicted octanol–water partition coefficient (Wildman–Crippen LogP) is 4.04. The molecule has 0 saturated heterocycles. The van der Waals surface area contributed by atoms with Crippen molar-refractivity contribution in [1.29, 1.82) is 0 Å². The molecule has 0 saturated carbocycles. The highest BCUT2D eigenvalue weighted by Crippen LogP contribution is 2.43. The van der Waals surface area contributed by atoms with Crippen molar-refractivity contribution in [3.05, 3.63) is 113 Å². The summed E-state index contributed by atoms with van der Waals surface area (Å²) in [7, 11) is 1.76. The van der Waals surface area contributed by atoms with Crippen LogP contribution in [0.4, 0.5) is 5.69 Å². The molecule has 0 unspecified atom stereocenters. The fourth-order valence-electron chi connectivity index (χ4n) is 6.26. The Balaban J connectivity index is 0.00000316. The molecule has 4 aromatic carbocycles. The van der Waals surface area contributed by atoms with Gasteiger partial charge in [0, 0.05) is 30.3 Å². The van der Waals surface area contributed by atoms with Crippen molar-refractivity contribution in [2.24, 2.45) is 0 Å². The maximum Gasteiger partial charge on any atom is 0.231 e. The molecule has 214 valence electrons. The Bertz CT molecular complexity index is 1740. The minimum absolute atomic E-state index is 0. The van der Waals surface area contributed by atoms with Gasteiger partial charge in [0.25, 0.3) is 0 Å². The van der Waals surface area contributed by atoms with Crippen molar-refractivity contribution in [3.8, 4) is 28.5 Å². The number of methoxy groups -OCH3 is 1. The van der Waals surface area contributed by atoms with Crippen LogP contribution in [0.3, 0.4) is 0 Å². The fourth-order valence-corrected chi connectivity index (χ4v) is 6.26. The van der Waals surface area contributed by atoms with E-state index < -0.39 is 0 Å². The number of anilines is 1. The van der Waals surface area contributed by atoms with Gasteiger partial charge in [-0.3, -0.25) is 0 Å². The van der Waals surface area contributed by atoms with Crippen molar-refractivity contribution in [1.82, 2.24) is 0 Å². The van der Waals surface area contributed by atoms with E-state index in [-0.39, 0.29) is 23.8 Å². The molecule has 1 aromatic heterocycles. The van der Waals surface area contributed by atoms with Crippen LogP contribution < -0.4 is 41.1 Å². The quantitative estimate of drug-likeness (QED) is 0.210. The minimum atomic E-state index is 0. The number of benzene rings is 4. The van der Waals surface area contributed by atoms with Crippen LogP contribution in [0.2, 0.25) is 0 Å². The van der Waals surface area contributed by atoms with Gasteiger partial charge >= 0.3 is 0 Å². The first-order valence-electron chi connectivity index (χ1n) is 14.5. The fraction of sp³-hybridized carbons (Fsp3) is 0.250. The van der Waals surface area contributed by atoms with Crippen LogP contribution in [-0.4, -0.2) is 20.4 Å². The van der Waals surface area contributed by atoms with Crippen LogP contribution in [-0.2, 0) is 25.8 Å². The van der Waals surface area contributed by atoms with E-state index in [4.69, 9.17) is 14.2 Å². The maximum atomic E-state index is 5.89. The number of nitrogens with zero attached hydrogens (tertiary/aromatic N) is 1. The van der Waals surface area contributed by atoms with Gasteiger partial charge in [-0.1, -0.05) is 60.2 Å². The molecule has 42 heavy (non-hydrogen) atoms. The van der Waals surface area contributed by atoms with Crippen LogP contribution in [0.5, 0.6) is 17.2 Å². The summed E-state index contributed by atoms with van der Waals surface area (Å²) < 4.78 is 19.9. The Morgan fingerprint density at radius 1 is 0.881 bits per heavy atom. The zero-order chi connectivity index (χ0) is 27.8. The lowest BCUT2D eigenvalue weighted by Gasteiger charge is -2.22. The summed E-state index contributed by atoms with van der Waals surface area (Å²) in [4.78, 5) is 0. The molecule has 0 fully saturated rings. The molecule has 6 heteroatoms. The zero-order valence-electron chi connectivity index (χ0n) is 24.1. The van der Waals surface area contributed by atoms with Gasteiger partial charge in [-0.25, -0.2) is 0 Å². The normalized spacial score (nSPS) is 12.8. The molecule has 0 spiro atoms. The molecule has 1 N–H and O–H groups in total. The Hall–Kier alpha value is -4.03. The lowest BCUT2D eigenvalue weighted by Crippen LogP contribution is -3.00. The number of halogens is 1. The highest BCUT2D eigenvalue weighted by molar-refractivity contribution is 6.00. The second-order valence-corrected chi connectivity index (χ2v) is 11.0. The SMILES string of the molecule is COc1ccc2c(Cc3ccc(C)cc3)c3[n+](cc2c1NCCCc1ccccc1)CCc1cc2c(cc1-3)OCO2.[Br-]. The van der Waals surface area contributed by atoms with Crippen molar-refractivity contribution in [2.45, 2.75) is 39.2 Å². The van der Waals surface area contributed by atoms with Crippen LogP contribution in [0.25, 0.3) is 22.0 Å². The largest absolute Gasteiger partial charge is 1.00 e. The minimum Gasteiger partial charge on any atom is -1.00 e. The molecule has 5 nitrogen and oxygen atoms in total. The summed E-state index contributed by atoms with van der Waals surface area (Å²) in [6, 6.07) is 28.3. The van der Waals surface area contributed by atoms with Gasteiger partial charge in [-0.15, -0.1) is 0 Å². The average molecular weight is 624 g/mol. The van der Waals surface area contributed by atoms with E-state index in [1.807, 2.05) is 0 Å². The molecule has 7 rings (SSSR count). The van der Waals surface area contributed by atoms with Gasteiger partial charge in [0.2, 0.25) is 12.5 Å². The van der Waals surface area contributed by atoms with Crippen molar-refractivity contribution in [2.75, 3.05) is 25.8 Å². The Labute approximate surface area is 257 Å². The third kappa shape index (κ3) is 5.32. The maximum absolute atomic E-state index is 5.89. The van der Waals surface area contributed by atoms with E-state index >= 15 is 0 Å². The number of fused-ring (bicyclic) bond motifs is 5. The van der Waals surface area contributed by atoms with Crippen LogP contribution >= 0.6 is 0 Å². The summed E-state index contributed by atoms with van der Waals surface area (Å²) in [6.07, 6.45) is 6.18. The number of hydrogen-bond acceptors (Lipinski definition) is 4. The molecule has 0 atom stereocenters. The number of rotatable bonds is 8. The van der Waals surface area contributed by atoms with E-state index in [2.05, 4.69) is 102 Å². The predicted molar refractivity (Wildman–Crippen MR) is 163 cm³/mol. The molecule has 2 aliphatic rings. The first-order chi connectivity index (χ1) is 20.2. The number of nitrogens with one attached hydrogen (secondary N) is 1. The molecule has 0 radical (unpaired) electrons. The van der Waals surface area contributed by atoms with Gasteiger partial charge in [-0.05, 0) is 60.7 Å². The molecule has 2 aliphatic heterocycles. The van der Waals surface area contributed by atoms with E-state index in [0.29, 0.717) is 0 Å². The van der Waals surface area contributed by atoms with Gasteiger partial charge in [-0.2, -0.15) is 4.57 Å². The summed E-state index contributed by atoms with van der Waals surface area (Å²) in [5.74, 6) is 2.55. The highest BCUT2D eigenvalue weighted by atomic mass is 79.9. The van der Waals surface area contributed by atoms with Gasteiger partial charge in [0.05, 0.1) is 23.7 Å². The number of hydrogen-bond donors (Lipinski definition) is 1. The number of ether oxygens (including phenoxy) is 3. The lowest BCUT2D eigenvalue weighted by atomic mass is 9.88. The Morgan fingerprint density at radius 2 is 1.67 bits per heavy atom. The molecule has 0 amide bonds. The van der Waals surface area contributed by atoms with E-state index in [0.717, 1.165) is 61.7 Å². The highest BCUT2D eigenvalue weighted by Gasteiger charge is 2.32. The van der Waals surface area contributed by atoms with Gasteiger partial charge in [0.15, 0.2) is 24.2 Å².